The fourth-order valence-corrected chi connectivity index (χ4v) is 2.17. The summed E-state index contributed by atoms with van der Waals surface area (Å²) < 4.78 is 23.6. The Morgan fingerprint density at radius 3 is 2.73 bits per heavy atom. The Bertz CT molecular complexity index is 760. The molecular weight excluding hydrogens is 341 g/mol. The molecule has 0 aliphatic carbocycles. The summed E-state index contributed by atoms with van der Waals surface area (Å²) in [6, 6.07) is 5.45. The van der Waals surface area contributed by atoms with Gasteiger partial charge in [-0.05, 0) is 24.5 Å². The maximum Gasteiger partial charge on any atom is 0.360 e. The van der Waals surface area contributed by atoms with Gasteiger partial charge in [-0.3, -0.25) is 0 Å². The third-order valence-corrected chi connectivity index (χ3v) is 3.65. The van der Waals surface area contributed by atoms with E-state index < -0.39 is 17.8 Å². The van der Waals surface area contributed by atoms with Crippen molar-refractivity contribution in [1.82, 2.24) is 9.88 Å². The molecule has 140 valence electrons. The standard InChI is InChI=1S/C18H22FN3O4/c1-12(2)8-9-22(10-16-20-15(11-26-16)17(23)25-3)18(24)21-14-7-5-4-6-13(14)19/h4-7,11-12H,8-10H2,1-3H3,(H,21,24). The molecule has 0 aliphatic rings. The van der Waals surface area contributed by atoms with Gasteiger partial charge < -0.3 is 19.4 Å². The molecule has 0 saturated heterocycles. The molecule has 7 nitrogen and oxygen atoms in total. The molecule has 2 aromatic rings. The maximum atomic E-state index is 13.8. The van der Waals surface area contributed by atoms with Gasteiger partial charge in [-0.25, -0.2) is 19.0 Å². The molecule has 0 spiro atoms. The lowest BCUT2D eigenvalue weighted by Gasteiger charge is -2.22. The highest BCUT2D eigenvalue weighted by Crippen LogP contribution is 2.15. The molecule has 0 atom stereocenters. The summed E-state index contributed by atoms with van der Waals surface area (Å²) in [5, 5.41) is 2.55. The number of esters is 1. The van der Waals surface area contributed by atoms with Gasteiger partial charge in [-0.15, -0.1) is 0 Å². The molecule has 0 aliphatic heterocycles. The van der Waals surface area contributed by atoms with E-state index in [2.05, 4.69) is 15.0 Å². The highest BCUT2D eigenvalue weighted by atomic mass is 19.1. The van der Waals surface area contributed by atoms with Gasteiger partial charge in [0.2, 0.25) is 5.89 Å². The summed E-state index contributed by atoms with van der Waals surface area (Å²) in [5.41, 5.74) is 0.121. The van der Waals surface area contributed by atoms with Crippen molar-refractivity contribution in [3.63, 3.8) is 0 Å². The van der Waals surface area contributed by atoms with Crippen molar-refractivity contribution < 1.29 is 23.1 Å². The minimum Gasteiger partial charge on any atom is -0.464 e. The summed E-state index contributed by atoms with van der Waals surface area (Å²) in [5.74, 6) is -0.579. The molecule has 0 saturated carbocycles. The van der Waals surface area contributed by atoms with Crippen LogP contribution in [0.5, 0.6) is 0 Å². The summed E-state index contributed by atoms with van der Waals surface area (Å²) in [7, 11) is 1.24. The van der Waals surface area contributed by atoms with E-state index in [9.17, 15) is 14.0 Å². The van der Waals surface area contributed by atoms with Gasteiger partial charge in [0, 0.05) is 6.54 Å². The number of carbonyl (C=O) groups is 2. The summed E-state index contributed by atoms with van der Waals surface area (Å²) in [4.78, 5) is 29.5. The second-order valence-electron chi connectivity index (χ2n) is 6.13. The Balaban J connectivity index is 2.11. The molecule has 8 heteroatoms. The number of nitrogens with zero attached hydrogens (tertiary/aromatic N) is 2. The van der Waals surface area contributed by atoms with Crippen molar-refractivity contribution in [3.05, 3.63) is 47.9 Å². The Morgan fingerprint density at radius 1 is 1.35 bits per heavy atom. The molecule has 0 bridgehead atoms. The minimum absolute atomic E-state index is 0.0285. The molecular formula is C18H22FN3O4. The number of hydrogen-bond acceptors (Lipinski definition) is 5. The van der Waals surface area contributed by atoms with Crippen LogP contribution in [0.15, 0.2) is 34.9 Å². The largest absolute Gasteiger partial charge is 0.464 e. The van der Waals surface area contributed by atoms with Crippen molar-refractivity contribution in [3.8, 4) is 0 Å². The smallest absolute Gasteiger partial charge is 0.360 e. The number of hydrogen-bond donors (Lipinski definition) is 1. The van der Waals surface area contributed by atoms with E-state index >= 15 is 0 Å². The normalized spacial score (nSPS) is 10.7. The number of oxazole rings is 1. The molecule has 1 aromatic heterocycles. The predicted molar refractivity (Wildman–Crippen MR) is 93.1 cm³/mol. The van der Waals surface area contributed by atoms with Crippen LogP contribution in [0.25, 0.3) is 0 Å². The van der Waals surface area contributed by atoms with Crippen LogP contribution in [-0.4, -0.2) is 35.5 Å². The highest BCUT2D eigenvalue weighted by molar-refractivity contribution is 5.89. The van der Waals surface area contributed by atoms with Crippen molar-refractivity contribution in [2.45, 2.75) is 26.8 Å². The number of amides is 2. The van der Waals surface area contributed by atoms with Crippen LogP contribution in [0.3, 0.4) is 0 Å². The molecule has 0 radical (unpaired) electrons. The first-order valence-corrected chi connectivity index (χ1v) is 8.24. The van der Waals surface area contributed by atoms with Gasteiger partial charge in [-0.2, -0.15) is 0 Å². The summed E-state index contributed by atoms with van der Waals surface area (Å²) in [6.45, 7) is 4.54. The third kappa shape index (κ3) is 5.30. The van der Waals surface area contributed by atoms with Crippen molar-refractivity contribution in [2.75, 3.05) is 19.0 Å². The first-order valence-electron chi connectivity index (χ1n) is 8.24. The number of aromatic nitrogens is 1. The average molecular weight is 363 g/mol. The second-order valence-corrected chi connectivity index (χ2v) is 6.13. The third-order valence-electron chi connectivity index (χ3n) is 3.65. The Kier molecular flexibility index (Phi) is 6.71. The molecule has 26 heavy (non-hydrogen) atoms. The van der Waals surface area contributed by atoms with Crippen molar-refractivity contribution in [2.24, 2.45) is 5.92 Å². The quantitative estimate of drug-likeness (QED) is 0.759. The van der Waals surface area contributed by atoms with E-state index in [-0.39, 0.29) is 23.8 Å². The lowest BCUT2D eigenvalue weighted by atomic mass is 10.1. The van der Waals surface area contributed by atoms with E-state index in [0.29, 0.717) is 12.5 Å². The van der Waals surface area contributed by atoms with Gasteiger partial charge in [0.1, 0.15) is 12.1 Å². The van der Waals surface area contributed by atoms with Crippen LogP contribution in [0.1, 0.15) is 36.6 Å². The zero-order valence-electron chi connectivity index (χ0n) is 15.0. The lowest BCUT2D eigenvalue weighted by molar-refractivity contribution is 0.0594. The first kappa shape index (κ1) is 19.4. The number of ether oxygens (including phenoxy) is 1. The fraction of sp³-hybridized carbons (Fsp3) is 0.389. The van der Waals surface area contributed by atoms with Crippen molar-refractivity contribution in [1.29, 1.82) is 0 Å². The maximum absolute atomic E-state index is 13.8. The van der Waals surface area contributed by atoms with E-state index in [4.69, 9.17) is 4.42 Å². The predicted octanol–water partition coefficient (Wildman–Crippen LogP) is 3.68. The lowest BCUT2D eigenvalue weighted by Crippen LogP contribution is -2.36. The molecule has 1 N–H and O–H groups in total. The number of para-hydroxylation sites is 1. The van der Waals surface area contributed by atoms with Crippen LogP contribution in [0.2, 0.25) is 0 Å². The zero-order chi connectivity index (χ0) is 19.1. The number of carbonyl (C=O) groups excluding carboxylic acids is 2. The van der Waals surface area contributed by atoms with E-state index in [0.717, 1.165) is 6.42 Å². The average Bonchev–Trinajstić information content (AvgIpc) is 3.08. The number of anilines is 1. The van der Waals surface area contributed by atoms with Crippen LogP contribution < -0.4 is 5.32 Å². The van der Waals surface area contributed by atoms with E-state index in [1.165, 1.54) is 30.4 Å². The molecule has 0 fully saturated rings. The molecule has 2 rings (SSSR count). The van der Waals surface area contributed by atoms with Crippen LogP contribution in [0.4, 0.5) is 14.9 Å². The molecule has 0 unspecified atom stereocenters. The minimum atomic E-state index is -0.621. The SMILES string of the molecule is COC(=O)c1coc(CN(CCC(C)C)C(=O)Nc2ccccc2F)n1. The number of methoxy groups -OCH3 is 1. The monoisotopic (exact) mass is 363 g/mol. The number of benzene rings is 1. The first-order chi connectivity index (χ1) is 12.4. The van der Waals surface area contributed by atoms with Gasteiger partial charge in [0.15, 0.2) is 5.69 Å². The van der Waals surface area contributed by atoms with Crippen LogP contribution in [-0.2, 0) is 11.3 Å². The van der Waals surface area contributed by atoms with Gasteiger partial charge in [-0.1, -0.05) is 26.0 Å². The Morgan fingerprint density at radius 2 is 2.08 bits per heavy atom. The molecule has 1 heterocycles. The molecule has 1 aromatic carbocycles. The van der Waals surface area contributed by atoms with Crippen molar-refractivity contribution >= 4 is 17.7 Å². The summed E-state index contributed by atoms with van der Waals surface area (Å²) >= 11 is 0. The van der Waals surface area contributed by atoms with E-state index in [1.807, 2.05) is 13.8 Å². The topological polar surface area (TPSA) is 84.7 Å². The fourth-order valence-electron chi connectivity index (χ4n) is 2.17. The van der Waals surface area contributed by atoms with Gasteiger partial charge in [0.25, 0.3) is 0 Å². The van der Waals surface area contributed by atoms with Gasteiger partial charge in [0.05, 0.1) is 19.3 Å². The van der Waals surface area contributed by atoms with Crippen LogP contribution >= 0.6 is 0 Å². The zero-order valence-corrected chi connectivity index (χ0v) is 15.0. The Labute approximate surface area is 151 Å². The Hall–Kier alpha value is -2.90. The summed E-state index contributed by atoms with van der Waals surface area (Å²) in [6.07, 6.45) is 1.92. The second kappa shape index (κ2) is 8.98. The van der Waals surface area contributed by atoms with E-state index in [1.54, 1.807) is 12.1 Å². The number of halogens is 1. The number of rotatable bonds is 7. The van der Waals surface area contributed by atoms with Gasteiger partial charge >= 0.3 is 12.0 Å². The number of nitrogens with one attached hydrogen (secondary N) is 1. The molecule has 2 amide bonds. The highest BCUT2D eigenvalue weighted by Gasteiger charge is 2.20. The number of urea groups is 1. The van der Waals surface area contributed by atoms with Crippen LogP contribution in [0, 0.1) is 11.7 Å².